The molecule has 0 amide bonds. The number of likely N-dealkylation sites (tertiary alicyclic amines) is 1. The van der Waals surface area contributed by atoms with E-state index in [0.29, 0.717) is 17.2 Å². The van der Waals surface area contributed by atoms with Crippen molar-refractivity contribution in [2.45, 2.75) is 38.5 Å². The number of aromatic hydroxyl groups is 1. The number of hydrogen-bond acceptors (Lipinski definition) is 4. The lowest BCUT2D eigenvalue weighted by atomic mass is 10.0. The van der Waals surface area contributed by atoms with Crippen molar-refractivity contribution in [2.75, 3.05) is 19.6 Å². The summed E-state index contributed by atoms with van der Waals surface area (Å²) < 4.78 is 44.9. The first-order valence-electron chi connectivity index (χ1n) is 11.4. The molecular weight excluding hydrogens is 479 g/mol. The molecule has 1 aliphatic heterocycles. The molecule has 0 bridgehead atoms. The zero-order valence-corrected chi connectivity index (χ0v) is 19.7. The third-order valence-corrected chi connectivity index (χ3v) is 6.07. The van der Waals surface area contributed by atoms with Gasteiger partial charge in [-0.1, -0.05) is 42.0 Å². The topological polar surface area (TPSA) is 61.4 Å². The van der Waals surface area contributed by atoms with Crippen LogP contribution in [0.4, 0.5) is 13.2 Å². The minimum atomic E-state index is -4.59. The van der Waals surface area contributed by atoms with E-state index < -0.39 is 11.9 Å². The van der Waals surface area contributed by atoms with Gasteiger partial charge in [0.25, 0.3) is 0 Å². The summed E-state index contributed by atoms with van der Waals surface area (Å²) in [4.78, 5) is 2.36. The summed E-state index contributed by atoms with van der Waals surface area (Å²) in [5.41, 5.74) is 0.218. The minimum Gasteiger partial charge on any atom is -0.506 e. The fourth-order valence-electron chi connectivity index (χ4n) is 3.93. The Hall–Kier alpha value is -3.15. The predicted octanol–water partition coefficient (Wildman–Crippen LogP) is 6.26. The summed E-state index contributed by atoms with van der Waals surface area (Å²) in [5, 5.41) is 17.3. The number of piperidine rings is 1. The number of H-pyrrole nitrogens is 1. The maximum atomic E-state index is 13.0. The van der Waals surface area contributed by atoms with Crippen LogP contribution in [0, 0.1) is 11.8 Å². The molecule has 1 aromatic heterocycles. The number of halogens is 4. The van der Waals surface area contributed by atoms with E-state index in [1.54, 1.807) is 18.2 Å². The lowest BCUT2D eigenvalue weighted by Crippen LogP contribution is -2.30. The maximum Gasteiger partial charge on any atom is 0.435 e. The van der Waals surface area contributed by atoms with Gasteiger partial charge in [-0.2, -0.15) is 18.3 Å². The highest BCUT2D eigenvalue weighted by Crippen LogP contribution is 2.38. The van der Waals surface area contributed by atoms with E-state index >= 15 is 0 Å². The summed E-state index contributed by atoms with van der Waals surface area (Å²) >= 11 is 5.93. The van der Waals surface area contributed by atoms with Crippen LogP contribution in [0.5, 0.6) is 11.5 Å². The average Bonchev–Trinajstić information content (AvgIpc) is 3.34. The lowest BCUT2D eigenvalue weighted by Gasteiger charge is -2.25. The molecule has 3 aromatic rings. The number of benzene rings is 2. The highest BCUT2D eigenvalue weighted by Gasteiger charge is 2.34. The molecule has 0 atom stereocenters. The Morgan fingerprint density at radius 3 is 2.51 bits per heavy atom. The summed E-state index contributed by atoms with van der Waals surface area (Å²) in [6, 6.07) is 11.1. The standard InChI is InChI=1S/C26H25ClF3N3O2/c27-19-9-7-18(8-10-19)17-35-23-12-11-20(22-16-24(32-31-22)26(28,29)30)25(34)21(23)6-2-5-15-33-13-3-1-4-14-33/h7-12,16,34H,1,3-5,13-15,17H2,(H,31,32). The van der Waals surface area contributed by atoms with Gasteiger partial charge in [0.05, 0.1) is 5.69 Å². The van der Waals surface area contributed by atoms with Crippen LogP contribution >= 0.6 is 11.6 Å². The highest BCUT2D eigenvalue weighted by atomic mass is 35.5. The number of nitrogens with zero attached hydrogens (tertiary/aromatic N) is 2. The smallest absolute Gasteiger partial charge is 0.435 e. The van der Waals surface area contributed by atoms with Gasteiger partial charge in [0.15, 0.2) is 5.69 Å². The summed E-state index contributed by atoms with van der Waals surface area (Å²) in [5.74, 6) is 6.15. The fourth-order valence-corrected chi connectivity index (χ4v) is 4.05. The molecule has 2 N–H and O–H groups in total. The average molecular weight is 504 g/mol. The summed E-state index contributed by atoms with van der Waals surface area (Å²) in [6.07, 6.45) is -0.376. The van der Waals surface area contributed by atoms with Gasteiger partial charge in [0.1, 0.15) is 23.7 Å². The Bertz CT molecular complexity index is 1210. The molecule has 2 heterocycles. The maximum absolute atomic E-state index is 13.0. The molecule has 0 unspecified atom stereocenters. The SMILES string of the molecule is Oc1c(-c2cc(C(F)(F)F)n[nH]2)ccc(OCc2ccc(Cl)cc2)c1C#CCCN1CCCCC1. The summed E-state index contributed by atoms with van der Waals surface area (Å²) in [6.45, 7) is 3.14. The van der Waals surface area contributed by atoms with E-state index in [2.05, 4.69) is 26.9 Å². The van der Waals surface area contributed by atoms with Gasteiger partial charge in [-0.05, 0) is 61.8 Å². The van der Waals surface area contributed by atoms with Crippen molar-refractivity contribution < 1.29 is 23.0 Å². The van der Waals surface area contributed by atoms with Gasteiger partial charge in [-0.3, -0.25) is 5.10 Å². The molecule has 1 saturated heterocycles. The molecule has 0 spiro atoms. The third-order valence-electron chi connectivity index (χ3n) is 5.82. The first kappa shape index (κ1) is 25.0. The molecule has 2 aromatic carbocycles. The van der Waals surface area contributed by atoms with Crippen LogP contribution in [0.2, 0.25) is 5.02 Å². The minimum absolute atomic E-state index is 0.0374. The number of rotatable bonds is 6. The Kier molecular flexibility index (Phi) is 7.89. The van der Waals surface area contributed by atoms with Gasteiger partial charge in [-0.15, -0.1) is 0 Å². The van der Waals surface area contributed by atoms with Gasteiger partial charge in [0.2, 0.25) is 0 Å². The van der Waals surface area contributed by atoms with Crippen LogP contribution in [-0.4, -0.2) is 39.8 Å². The van der Waals surface area contributed by atoms with Crippen molar-refractivity contribution in [3.63, 3.8) is 0 Å². The zero-order valence-electron chi connectivity index (χ0n) is 19.0. The molecule has 0 aliphatic carbocycles. The molecule has 4 rings (SSSR count). The number of phenolic OH excluding ortho intramolecular Hbond substituents is 1. The van der Waals surface area contributed by atoms with Gasteiger partial charge in [-0.25, -0.2) is 0 Å². The molecule has 5 nitrogen and oxygen atoms in total. The van der Waals surface area contributed by atoms with E-state index in [9.17, 15) is 18.3 Å². The van der Waals surface area contributed by atoms with E-state index in [1.165, 1.54) is 25.3 Å². The second-order valence-corrected chi connectivity index (χ2v) is 8.81. The monoisotopic (exact) mass is 503 g/mol. The van der Waals surface area contributed by atoms with Gasteiger partial charge in [0, 0.05) is 23.6 Å². The van der Waals surface area contributed by atoms with Crippen molar-refractivity contribution >= 4 is 11.6 Å². The van der Waals surface area contributed by atoms with Crippen LogP contribution in [0.1, 0.15) is 42.5 Å². The van der Waals surface area contributed by atoms with E-state index in [1.807, 2.05) is 12.1 Å². The normalized spacial score (nSPS) is 14.4. The Balaban J connectivity index is 1.59. The zero-order chi connectivity index (χ0) is 24.8. The fraction of sp³-hybridized carbons (Fsp3) is 0.346. The van der Waals surface area contributed by atoms with Crippen molar-refractivity contribution in [2.24, 2.45) is 0 Å². The number of aromatic amines is 1. The van der Waals surface area contributed by atoms with Gasteiger partial charge >= 0.3 is 6.18 Å². The molecule has 35 heavy (non-hydrogen) atoms. The second-order valence-electron chi connectivity index (χ2n) is 8.37. The number of aromatic nitrogens is 2. The lowest BCUT2D eigenvalue weighted by molar-refractivity contribution is -0.141. The Morgan fingerprint density at radius 2 is 1.83 bits per heavy atom. The molecule has 184 valence electrons. The van der Waals surface area contributed by atoms with Gasteiger partial charge < -0.3 is 14.7 Å². The third kappa shape index (κ3) is 6.50. The Labute approximate surface area is 206 Å². The number of nitrogens with one attached hydrogen (secondary N) is 1. The first-order chi connectivity index (χ1) is 16.8. The van der Waals surface area contributed by atoms with E-state index in [-0.39, 0.29) is 29.2 Å². The predicted molar refractivity (Wildman–Crippen MR) is 128 cm³/mol. The van der Waals surface area contributed by atoms with Crippen LogP contribution < -0.4 is 4.74 Å². The number of hydrogen-bond donors (Lipinski definition) is 2. The highest BCUT2D eigenvalue weighted by molar-refractivity contribution is 6.30. The quantitative estimate of drug-likeness (QED) is 0.390. The summed E-state index contributed by atoms with van der Waals surface area (Å²) in [7, 11) is 0. The Morgan fingerprint density at radius 1 is 1.09 bits per heavy atom. The molecule has 1 fully saturated rings. The van der Waals surface area contributed by atoms with Crippen molar-refractivity contribution in [1.82, 2.24) is 15.1 Å². The largest absolute Gasteiger partial charge is 0.506 e. The van der Waals surface area contributed by atoms with Crippen LogP contribution in [0.3, 0.4) is 0 Å². The molecule has 0 radical (unpaired) electrons. The van der Waals surface area contributed by atoms with Crippen molar-refractivity contribution in [3.05, 3.63) is 64.3 Å². The van der Waals surface area contributed by atoms with Crippen LogP contribution in [0.15, 0.2) is 42.5 Å². The molecule has 1 aliphatic rings. The second kappa shape index (κ2) is 11.1. The number of ether oxygens (including phenoxy) is 1. The van der Waals surface area contributed by atoms with Crippen molar-refractivity contribution in [1.29, 1.82) is 0 Å². The molecule has 9 heteroatoms. The van der Waals surface area contributed by atoms with E-state index in [0.717, 1.165) is 31.3 Å². The molecule has 0 saturated carbocycles. The first-order valence-corrected chi connectivity index (χ1v) is 11.8. The molecular formula is C26H25ClF3N3O2. The number of phenols is 1. The van der Waals surface area contributed by atoms with Crippen LogP contribution in [-0.2, 0) is 12.8 Å². The number of alkyl halides is 3. The van der Waals surface area contributed by atoms with Crippen LogP contribution in [0.25, 0.3) is 11.3 Å². The van der Waals surface area contributed by atoms with E-state index in [4.69, 9.17) is 16.3 Å². The van der Waals surface area contributed by atoms with Crippen molar-refractivity contribution in [3.8, 4) is 34.6 Å².